The molecule has 0 aliphatic heterocycles. The summed E-state index contributed by atoms with van der Waals surface area (Å²) >= 11 is 0. The molecular weight excluding hydrogens is 149 g/mol. The van der Waals surface area contributed by atoms with Gasteiger partial charge in [0.1, 0.15) is 0 Å². The van der Waals surface area contributed by atoms with Crippen molar-refractivity contribution in [2.24, 2.45) is 0 Å². The predicted molar refractivity (Wildman–Crippen MR) is 39.7 cm³/mol. The second-order valence-corrected chi connectivity index (χ2v) is 1.81. The maximum atomic E-state index is 8.25. The Hall–Kier alpha value is -0.783. The maximum Gasteiger partial charge on any atom is 1.00 e. The Morgan fingerprint density at radius 3 is 2.17 bits per heavy atom. The fourth-order valence-electron chi connectivity index (χ4n) is 0.618. The number of aromatic nitrogens is 1. The van der Waals surface area contributed by atoms with Crippen LogP contribution in [0.5, 0.6) is 0 Å². The van der Waals surface area contributed by atoms with Crippen molar-refractivity contribution in [1.29, 1.82) is 0 Å². The Morgan fingerprint density at radius 1 is 1.50 bits per heavy atom. The van der Waals surface area contributed by atoms with Crippen molar-refractivity contribution in [3.63, 3.8) is 0 Å². The minimum atomic E-state index is -0.500. The fraction of sp³-hybridized carbons (Fsp3) is 0.250. The summed E-state index contributed by atoms with van der Waals surface area (Å²) in [6, 6.07) is 4.06. The second kappa shape index (κ2) is 10.2. The molecule has 1 heterocycles. The largest absolute Gasteiger partial charge is 1.00 e. The van der Waals surface area contributed by atoms with Gasteiger partial charge in [-0.05, 0) is 24.1 Å². The van der Waals surface area contributed by atoms with E-state index in [1.165, 1.54) is 5.56 Å². The molecule has 0 amide bonds. The second-order valence-electron chi connectivity index (χ2n) is 1.81. The number of carboxylic acid groups (broad SMARTS) is 1. The quantitative estimate of drug-likeness (QED) is 0.324. The van der Waals surface area contributed by atoms with Gasteiger partial charge in [0.25, 0.3) is 0 Å². The molecule has 0 bridgehead atoms. The van der Waals surface area contributed by atoms with Crippen LogP contribution in [0.1, 0.15) is 12.5 Å². The van der Waals surface area contributed by atoms with Crippen molar-refractivity contribution in [3.05, 3.63) is 30.1 Å². The van der Waals surface area contributed by atoms with Gasteiger partial charge >= 0.3 is 18.9 Å². The van der Waals surface area contributed by atoms with Crippen LogP contribution in [0.2, 0.25) is 0 Å². The van der Waals surface area contributed by atoms with Gasteiger partial charge in [-0.3, -0.25) is 4.98 Å². The SMILES string of the molecule is CCc1ccncc1.O=C[O-].[Li+]. The Bertz CT molecular complexity index is 192. The first-order valence-electron chi connectivity index (χ1n) is 3.29. The molecule has 12 heavy (non-hydrogen) atoms. The molecule has 0 unspecified atom stereocenters. The minimum Gasteiger partial charge on any atom is -0.554 e. The van der Waals surface area contributed by atoms with E-state index in [0.717, 1.165) is 6.42 Å². The fourth-order valence-corrected chi connectivity index (χ4v) is 0.618. The Morgan fingerprint density at radius 2 is 1.92 bits per heavy atom. The molecule has 1 rings (SSSR count). The first-order valence-corrected chi connectivity index (χ1v) is 3.29. The van der Waals surface area contributed by atoms with Crippen LogP contribution in [0.3, 0.4) is 0 Å². The molecule has 1 aromatic heterocycles. The number of nitrogens with zero attached hydrogens (tertiary/aromatic N) is 1. The summed E-state index contributed by atoms with van der Waals surface area (Å²) < 4.78 is 0. The van der Waals surface area contributed by atoms with E-state index in [4.69, 9.17) is 9.90 Å². The summed E-state index contributed by atoms with van der Waals surface area (Å²) in [6.45, 7) is 1.63. The van der Waals surface area contributed by atoms with E-state index in [0.29, 0.717) is 0 Å². The first-order chi connectivity index (χ1) is 5.35. The van der Waals surface area contributed by atoms with Crippen LogP contribution in [0.25, 0.3) is 0 Å². The standard InChI is InChI=1S/C7H9N.CH2O2.Li/c1-2-7-3-5-8-6-4-7;2-1-3;/h3-6H,2H2,1H3;1H,(H,2,3);/q;;+1/p-1. The van der Waals surface area contributed by atoms with Crippen molar-refractivity contribution in [2.75, 3.05) is 0 Å². The average molecular weight is 159 g/mol. The third kappa shape index (κ3) is 7.33. The van der Waals surface area contributed by atoms with Gasteiger partial charge in [0.2, 0.25) is 0 Å². The van der Waals surface area contributed by atoms with Crippen molar-refractivity contribution in [3.8, 4) is 0 Å². The number of aryl methyl sites for hydroxylation is 1. The van der Waals surface area contributed by atoms with Crippen LogP contribution >= 0.6 is 0 Å². The maximum absolute atomic E-state index is 8.25. The van der Waals surface area contributed by atoms with Crippen LogP contribution in [0.4, 0.5) is 0 Å². The molecule has 0 N–H and O–H groups in total. The summed E-state index contributed by atoms with van der Waals surface area (Å²) in [5.74, 6) is 0. The minimum absolute atomic E-state index is 0. The van der Waals surface area contributed by atoms with E-state index in [1.54, 1.807) is 0 Å². The van der Waals surface area contributed by atoms with E-state index in [2.05, 4.69) is 11.9 Å². The van der Waals surface area contributed by atoms with Crippen molar-refractivity contribution < 1.29 is 28.8 Å². The van der Waals surface area contributed by atoms with Crippen LogP contribution in [-0.4, -0.2) is 11.5 Å². The molecule has 0 aromatic carbocycles. The summed E-state index contributed by atoms with van der Waals surface area (Å²) in [5, 5.41) is 8.25. The summed E-state index contributed by atoms with van der Waals surface area (Å²) in [6.07, 6.45) is 4.74. The molecule has 3 nitrogen and oxygen atoms in total. The zero-order valence-corrected chi connectivity index (χ0v) is 7.36. The molecule has 0 atom stereocenters. The molecule has 1 aromatic rings. The van der Waals surface area contributed by atoms with Gasteiger partial charge in [-0.2, -0.15) is 0 Å². The molecule has 0 radical (unpaired) electrons. The predicted octanol–water partition coefficient (Wildman–Crippen LogP) is -2.99. The normalized spacial score (nSPS) is 7.08. The van der Waals surface area contributed by atoms with E-state index < -0.39 is 6.47 Å². The van der Waals surface area contributed by atoms with Crippen LogP contribution in [0, 0.1) is 0 Å². The van der Waals surface area contributed by atoms with Crippen molar-refractivity contribution >= 4 is 6.47 Å². The van der Waals surface area contributed by atoms with E-state index in [-0.39, 0.29) is 18.9 Å². The van der Waals surface area contributed by atoms with E-state index in [1.807, 2.05) is 24.5 Å². The number of carbonyl (C=O) groups is 1. The third-order valence-corrected chi connectivity index (χ3v) is 1.16. The van der Waals surface area contributed by atoms with Gasteiger partial charge in [-0.25, -0.2) is 0 Å². The molecule has 0 spiro atoms. The molecule has 4 heteroatoms. The zero-order chi connectivity index (χ0) is 8.53. The third-order valence-electron chi connectivity index (χ3n) is 1.16. The van der Waals surface area contributed by atoms with Gasteiger partial charge in [0.15, 0.2) is 0 Å². The van der Waals surface area contributed by atoms with Gasteiger partial charge < -0.3 is 9.90 Å². The molecule has 60 valence electrons. The molecule has 0 saturated carbocycles. The Balaban J connectivity index is 0. The number of pyridine rings is 1. The number of rotatable bonds is 1. The topological polar surface area (TPSA) is 53.0 Å². The van der Waals surface area contributed by atoms with Gasteiger partial charge in [-0.15, -0.1) is 0 Å². The summed E-state index contributed by atoms with van der Waals surface area (Å²) in [4.78, 5) is 12.1. The van der Waals surface area contributed by atoms with Crippen LogP contribution in [-0.2, 0) is 11.2 Å². The number of carbonyl (C=O) groups excluding carboxylic acids is 1. The summed E-state index contributed by atoms with van der Waals surface area (Å²) in [5.41, 5.74) is 1.35. The average Bonchev–Trinajstić information content (AvgIpc) is 2.08. The Labute approximate surface area is 84.0 Å². The zero-order valence-electron chi connectivity index (χ0n) is 7.36. The van der Waals surface area contributed by atoms with Crippen molar-refractivity contribution in [1.82, 2.24) is 4.98 Å². The van der Waals surface area contributed by atoms with Gasteiger partial charge in [-0.1, -0.05) is 6.92 Å². The summed E-state index contributed by atoms with van der Waals surface area (Å²) in [7, 11) is 0. The molecule has 0 fully saturated rings. The van der Waals surface area contributed by atoms with E-state index in [9.17, 15) is 0 Å². The van der Waals surface area contributed by atoms with Crippen molar-refractivity contribution in [2.45, 2.75) is 13.3 Å². The van der Waals surface area contributed by atoms with Gasteiger partial charge in [0, 0.05) is 18.9 Å². The van der Waals surface area contributed by atoms with Crippen LogP contribution < -0.4 is 24.0 Å². The monoisotopic (exact) mass is 159 g/mol. The molecule has 0 saturated heterocycles. The smallest absolute Gasteiger partial charge is 0.554 e. The van der Waals surface area contributed by atoms with E-state index >= 15 is 0 Å². The first kappa shape index (κ1) is 13.8. The number of hydrogen-bond acceptors (Lipinski definition) is 3. The Kier molecular flexibility index (Phi) is 11.7. The molecule has 0 aliphatic rings. The van der Waals surface area contributed by atoms with Gasteiger partial charge in [0.05, 0.1) is 0 Å². The molecular formula is C8H10LiNO2. The number of hydrogen-bond donors (Lipinski definition) is 0. The van der Waals surface area contributed by atoms with Crippen LogP contribution in [0.15, 0.2) is 24.5 Å². The molecule has 0 aliphatic carbocycles.